The summed E-state index contributed by atoms with van der Waals surface area (Å²) in [6.07, 6.45) is 0.868. The van der Waals surface area contributed by atoms with Crippen LogP contribution in [0, 0.1) is 17.8 Å². The Morgan fingerprint density at radius 3 is 2.21 bits per heavy atom. The van der Waals surface area contributed by atoms with Crippen LogP contribution in [-0.2, 0) is 14.3 Å². The van der Waals surface area contributed by atoms with Crippen LogP contribution in [0.5, 0.6) is 0 Å². The monoisotopic (exact) mass is 464 g/mol. The van der Waals surface area contributed by atoms with Gasteiger partial charge < -0.3 is 20.1 Å². The molecule has 2 aromatic rings. The van der Waals surface area contributed by atoms with Gasteiger partial charge in [0.05, 0.1) is 5.92 Å². The summed E-state index contributed by atoms with van der Waals surface area (Å²) in [5.74, 6) is -1.30. The number of carboxylic acids is 1. The highest BCUT2D eigenvalue weighted by Crippen LogP contribution is 2.44. The number of likely N-dealkylation sites (tertiary alicyclic amines) is 1. The van der Waals surface area contributed by atoms with E-state index in [4.69, 9.17) is 9.84 Å². The fourth-order valence-electron chi connectivity index (χ4n) is 4.89. The molecule has 1 heterocycles. The molecule has 34 heavy (non-hydrogen) atoms. The predicted molar refractivity (Wildman–Crippen MR) is 128 cm³/mol. The van der Waals surface area contributed by atoms with Gasteiger partial charge in [0.25, 0.3) is 0 Å². The molecule has 1 aliphatic carbocycles. The molecule has 0 bridgehead atoms. The molecule has 1 saturated heterocycles. The first-order valence-electron chi connectivity index (χ1n) is 12.0. The highest BCUT2D eigenvalue weighted by atomic mass is 16.5. The van der Waals surface area contributed by atoms with Gasteiger partial charge in [-0.15, -0.1) is 0 Å². The van der Waals surface area contributed by atoms with Crippen molar-refractivity contribution in [1.29, 1.82) is 0 Å². The van der Waals surface area contributed by atoms with Crippen molar-refractivity contribution in [3.8, 4) is 11.1 Å². The number of benzene rings is 2. The number of nitrogens with zero attached hydrogens (tertiary/aromatic N) is 1. The molecule has 4 rings (SSSR count). The lowest BCUT2D eigenvalue weighted by molar-refractivity contribution is -0.152. The Kier molecular flexibility index (Phi) is 7.20. The van der Waals surface area contributed by atoms with Gasteiger partial charge in [0.2, 0.25) is 5.91 Å². The van der Waals surface area contributed by atoms with Gasteiger partial charge in [-0.25, -0.2) is 4.79 Å². The lowest BCUT2D eigenvalue weighted by atomic mass is 9.86. The maximum absolute atomic E-state index is 12.5. The third-order valence-electron chi connectivity index (χ3n) is 7.17. The van der Waals surface area contributed by atoms with E-state index in [-0.39, 0.29) is 30.3 Å². The van der Waals surface area contributed by atoms with Crippen LogP contribution in [-0.4, -0.2) is 54.2 Å². The largest absolute Gasteiger partial charge is 0.481 e. The summed E-state index contributed by atoms with van der Waals surface area (Å²) in [5.41, 5.74) is 4.73. The standard InChI is InChI=1S/C27H32N2O5/c1-17(25(30)29-14-19(15-29)18(2)26(31)32)8-7-13-28-27(33)34-16-24-22-11-5-3-9-20(22)21-10-4-6-12-23(21)24/h3-6,9-12,17-19,24H,7-8,13-16H2,1-2H3,(H,28,33)(H,31,32). The van der Waals surface area contributed by atoms with Gasteiger partial charge in [0.15, 0.2) is 0 Å². The van der Waals surface area contributed by atoms with Crippen molar-refractivity contribution in [1.82, 2.24) is 10.2 Å². The maximum atomic E-state index is 12.5. The Bertz CT molecular complexity index is 1020. The van der Waals surface area contributed by atoms with E-state index in [1.807, 2.05) is 31.2 Å². The zero-order valence-electron chi connectivity index (χ0n) is 19.7. The molecule has 0 saturated carbocycles. The molecule has 7 nitrogen and oxygen atoms in total. The summed E-state index contributed by atoms with van der Waals surface area (Å²) in [4.78, 5) is 37.6. The second-order valence-corrected chi connectivity index (χ2v) is 9.43. The Balaban J connectivity index is 1.17. The van der Waals surface area contributed by atoms with Crippen LogP contribution in [0.25, 0.3) is 11.1 Å². The van der Waals surface area contributed by atoms with E-state index in [1.165, 1.54) is 22.3 Å². The first-order valence-corrected chi connectivity index (χ1v) is 12.0. The minimum absolute atomic E-state index is 0.0278. The fourth-order valence-corrected chi connectivity index (χ4v) is 4.89. The Hall–Kier alpha value is -3.35. The number of fused-ring (bicyclic) bond motifs is 3. The van der Waals surface area contributed by atoms with E-state index in [0.29, 0.717) is 32.5 Å². The topological polar surface area (TPSA) is 95.9 Å². The van der Waals surface area contributed by atoms with Gasteiger partial charge in [0, 0.05) is 37.4 Å². The number of hydrogen-bond donors (Lipinski definition) is 2. The molecular formula is C27H32N2O5. The second-order valence-electron chi connectivity index (χ2n) is 9.43. The number of ether oxygens (including phenoxy) is 1. The van der Waals surface area contributed by atoms with Crippen molar-refractivity contribution in [3.05, 3.63) is 59.7 Å². The molecule has 2 atom stereocenters. The van der Waals surface area contributed by atoms with Gasteiger partial charge in [-0.3, -0.25) is 9.59 Å². The quantitative estimate of drug-likeness (QED) is 0.544. The zero-order valence-corrected chi connectivity index (χ0v) is 19.7. The number of carbonyl (C=O) groups is 3. The minimum Gasteiger partial charge on any atom is -0.481 e. The Labute approximate surface area is 200 Å². The molecule has 2 N–H and O–H groups in total. The summed E-state index contributed by atoms with van der Waals surface area (Å²) in [6, 6.07) is 16.4. The van der Waals surface area contributed by atoms with Crippen LogP contribution in [0.1, 0.15) is 43.7 Å². The molecule has 0 aromatic heterocycles. The van der Waals surface area contributed by atoms with Crippen molar-refractivity contribution in [2.24, 2.45) is 17.8 Å². The van der Waals surface area contributed by atoms with Crippen molar-refractivity contribution < 1.29 is 24.2 Å². The molecule has 2 aliphatic rings. The second kappa shape index (κ2) is 10.3. The molecule has 0 radical (unpaired) electrons. The zero-order chi connectivity index (χ0) is 24.2. The Morgan fingerprint density at radius 2 is 1.62 bits per heavy atom. The number of nitrogens with one attached hydrogen (secondary N) is 1. The fraction of sp³-hybridized carbons (Fsp3) is 0.444. The van der Waals surface area contributed by atoms with Crippen LogP contribution in [0.2, 0.25) is 0 Å². The average Bonchev–Trinajstić information content (AvgIpc) is 3.13. The molecule has 2 aromatic carbocycles. The van der Waals surface area contributed by atoms with E-state index in [0.717, 1.165) is 0 Å². The van der Waals surface area contributed by atoms with E-state index in [2.05, 4.69) is 29.6 Å². The summed E-state index contributed by atoms with van der Waals surface area (Å²) in [5, 5.41) is 11.9. The van der Waals surface area contributed by atoms with Gasteiger partial charge in [-0.05, 0) is 35.1 Å². The molecule has 180 valence electrons. The normalized spacial score (nSPS) is 16.7. The van der Waals surface area contributed by atoms with Gasteiger partial charge >= 0.3 is 12.1 Å². The molecule has 0 spiro atoms. The van der Waals surface area contributed by atoms with Crippen LogP contribution in [0.3, 0.4) is 0 Å². The van der Waals surface area contributed by atoms with E-state index in [9.17, 15) is 14.4 Å². The summed E-state index contributed by atoms with van der Waals surface area (Å²) >= 11 is 0. The summed E-state index contributed by atoms with van der Waals surface area (Å²) in [6.45, 7) is 5.30. The van der Waals surface area contributed by atoms with Crippen LogP contribution >= 0.6 is 0 Å². The third-order valence-corrected chi connectivity index (χ3v) is 7.17. The van der Waals surface area contributed by atoms with E-state index in [1.54, 1.807) is 11.8 Å². The molecule has 2 amide bonds. The smallest absolute Gasteiger partial charge is 0.407 e. The van der Waals surface area contributed by atoms with Crippen LogP contribution in [0.4, 0.5) is 4.79 Å². The number of hydrogen-bond acceptors (Lipinski definition) is 4. The maximum Gasteiger partial charge on any atom is 0.407 e. The number of alkyl carbamates (subject to hydrolysis) is 1. The highest BCUT2D eigenvalue weighted by Gasteiger charge is 2.38. The van der Waals surface area contributed by atoms with Crippen molar-refractivity contribution in [2.75, 3.05) is 26.2 Å². The molecule has 2 unspecified atom stereocenters. The molecular weight excluding hydrogens is 432 g/mol. The minimum atomic E-state index is -0.815. The average molecular weight is 465 g/mol. The van der Waals surface area contributed by atoms with Gasteiger partial charge in [-0.1, -0.05) is 62.4 Å². The number of carbonyl (C=O) groups excluding carboxylic acids is 2. The lowest BCUT2D eigenvalue weighted by Gasteiger charge is -2.42. The lowest BCUT2D eigenvalue weighted by Crippen LogP contribution is -2.54. The molecule has 1 aliphatic heterocycles. The summed E-state index contributed by atoms with van der Waals surface area (Å²) < 4.78 is 5.54. The number of rotatable bonds is 9. The number of amides is 2. The van der Waals surface area contributed by atoms with Gasteiger partial charge in [-0.2, -0.15) is 0 Å². The number of carboxylic acid groups (broad SMARTS) is 1. The Morgan fingerprint density at radius 1 is 1.03 bits per heavy atom. The van der Waals surface area contributed by atoms with E-state index >= 15 is 0 Å². The first-order chi connectivity index (χ1) is 16.4. The van der Waals surface area contributed by atoms with Crippen molar-refractivity contribution >= 4 is 18.0 Å². The summed E-state index contributed by atoms with van der Waals surface area (Å²) in [7, 11) is 0. The van der Waals surface area contributed by atoms with E-state index < -0.39 is 18.0 Å². The third kappa shape index (κ3) is 4.93. The van der Waals surface area contributed by atoms with Crippen molar-refractivity contribution in [3.63, 3.8) is 0 Å². The van der Waals surface area contributed by atoms with Crippen LogP contribution < -0.4 is 5.32 Å². The SMILES string of the molecule is CC(CCCNC(=O)OCC1c2ccccc2-c2ccccc21)C(=O)N1CC(C(C)C(=O)O)C1. The highest BCUT2D eigenvalue weighted by molar-refractivity contribution is 5.80. The molecule has 7 heteroatoms. The van der Waals surface area contributed by atoms with Crippen molar-refractivity contribution in [2.45, 2.75) is 32.6 Å². The van der Waals surface area contributed by atoms with Gasteiger partial charge in [0.1, 0.15) is 6.61 Å². The first kappa shape index (κ1) is 23.8. The number of aliphatic carboxylic acids is 1. The molecule has 1 fully saturated rings. The van der Waals surface area contributed by atoms with Crippen LogP contribution in [0.15, 0.2) is 48.5 Å². The predicted octanol–water partition coefficient (Wildman–Crippen LogP) is 4.12.